The molecular weight excluding hydrogens is 304 g/mol. The van der Waals surface area contributed by atoms with E-state index in [2.05, 4.69) is 16.8 Å². The van der Waals surface area contributed by atoms with Gasteiger partial charge in [-0.1, -0.05) is 0 Å². The van der Waals surface area contributed by atoms with Crippen molar-refractivity contribution in [1.29, 1.82) is 0 Å². The predicted molar refractivity (Wildman–Crippen MR) is 91.7 cm³/mol. The average molecular weight is 330 g/mol. The van der Waals surface area contributed by atoms with Gasteiger partial charge in [0.2, 0.25) is 0 Å². The van der Waals surface area contributed by atoms with E-state index < -0.39 is 0 Å². The average Bonchev–Trinajstić information content (AvgIpc) is 3.31. The minimum Gasteiger partial charge on any atom is -0.496 e. The number of methoxy groups -OCH3 is 1. The Morgan fingerprint density at radius 3 is 2.79 bits per heavy atom. The molecular formula is C19H26N2O3. The lowest BCUT2D eigenvalue weighted by Crippen LogP contribution is -2.48. The molecule has 3 fully saturated rings. The van der Waals surface area contributed by atoms with Crippen molar-refractivity contribution in [1.82, 2.24) is 9.80 Å². The van der Waals surface area contributed by atoms with Gasteiger partial charge in [0.15, 0.2) is 0 Å². The highest BCUT2D eigenvalue weighted by atomic mass is 16.5. The maximum absolute atomic E-state index is 13.2. The maximum Gasteiger partial charge on any atom is 0.257 e. The second-order valence-corrected chi connectivity index (χ2v) is 7.37. The maximum atomic E-state index is 13.2. The molecule has 2 saturated heterocycles. The van der Waals surface area contributed by atoms with Gasteiger partial charge in [0.05, 0.1) is 18.8 Å². The minimum atomic E-state index is 0.0924. The fourth-order valence-corrected chi connectivity index (χ4v) is 4.10. The van der Waals surface area contributed by atoms with Crippen molar-refractivity contribution in [2.45, 2.75) is 37.8 Å². The molecule has 0 radical (unpaired) electrons. The van der Waals surface area contributed by atoms with E-state index >= 15 is 0 Å². The summed E-state index contributed by atoms with van der Waals surface area (Å²) in [6.07, 6.45) is 4.89. The summed E-state index contributed by atoms with van der Waals surface area (Å²) in [6, 6.07) is 5.95. The van der Waals surface area contributed by atoms with Gasteiger partial charge in [0, 0.05) is 31.7 Å². The van der Waals surface area contributed by atoms with Gasteiger partial charge in [-0.15, -0.1) is 0 Å². The molecule has 4 rings (SSSR count). The highest BCUT2D eigenvalue weighted by Crippen LogP contribution is 2.34. The van der Waals surface area contributed by atoms with Crippen LogP contribution in [0.1, 0.15) is 36.0 Å². The molecule has 0 spiro atoms. The zero-order valence-electron chi connectivity index (χ0n) is 14.5. The van der Waals surface area contributed by atoms with Crippen LogP contribution in [0.15, 0.2) is 18.2 Å². The monoisotopic (exact) mass is 330 g/mol. The molecule has 1 aromatic rings. The molecule has 2 heterocycles. The van der Waals surface area contributed by atoms with Crippen LogP contribution < -0.4 is 9.47 Å². The molecule has 2 aliphatic heterocycles. The van der Waals surface area contributed by atoms with Crippen molar-refractivity contribution in [3.8, 4) is 11.5 Å². The second kappa shape index (κ2) is 6.28. The first-order valence-corrected chi connectivity index (χ1v) is 9.00. The summed E-state index contributed by atoms with van der Waals surface area (Å²) in [5.41, 5.74) is 0.649. The Hall–Kier alpha value is -1.75. The minimum absolute atomic E-state index is 0.0924. The van der Waals surface area contributed by atoms with Gasteiger partial charge in [-0.05, 0) is 50.8 Å². The van der Waals surface area contributed by atoms with E-state index in [1.807, 2.05) is 18.2 Å². The van der Waals surface area contributed by atoms with E-state index in [0.717, 1.165) is 44.6 Å². The Morgan fingerprint density at radius 2 is 2.04 bits per heavy atom. The number of likely N-dealkylation sites (tertiary alicyclic amines) is 2. The topological polar surface area (TPSA) is 42.0 Å². The number of rotatable bonds is 4. The molecule has 0 aromatic heterocycles. The Balaban J connectivity index is 1.56. The number of benzene rings is 1. The number of hydrogen-bond acceptors (Lipinski definition) is 4. The molecule has 1 saturated carbocycles. The Morgan fingerprint density at radius 1 is 1.21 bits per heavy atom. The predicted octanol–water partition coefficient (Wildman–Crippen LogP) is 2.40. The normalized spacial score (nSPS) is 27.0. The van der Waals surface area contributed by atoms with Gasteiger partial charge in [0.25, 0.3) is 5.91 Å². The molecule has 1 aromatic carbocycles. The third kappa shape index (κ3) is 2.97. The molecule has 24 heavy (non-hydrogen) atoms. The number of likely N-dealkylation sites (N-methyl/N-ethyl adjacent to an activating group) is 1. The summed E-state index contributed by atoms with van der Waals surface area (Å²) in [4.78, 5) is 17.6. The molecule has 5 nitrogen and oxygen atoms in total. The van der Waals surface area contributed by atoms with Crippen molar-refractivity contribution in [3.05, 3.63) is 23.8 Å². The van der Waals surface area contributed by atoms with Gasteiger partial charge in [0.1, 0.15) is 11.5 Å². The fourth-order valence-electron chi connectivity index (χ4n) is 4.10. The van der Waals surface area contributed by atoms with Crippen molar-refractivity contribution >= 4 is 5.91 Å². The van der Waals surface area contributed by atoms with Crippen LogP contribution in [-0.2, 0) is 0 Å². The molecule has 3 aliphatic rings. The number of ether oxygens (including phenoxy) is 2. The van der Waals surface area contributed by atoms with E-state index in [1.54, 1.807) is 7.11 Å². The van der Waals surface area contributed by atoms with Gasteiger partial charge in [-0.2, -0.15) is 0 Å². The number of nitrogens with zero attached hydrogens (tertiary/aromatic N) is 2. The van der Waals surface area contributed by atoms with Gasteiger partial charge in [-0.3, -0.25) is 4.79 Å². The summed E-state index contributed by atoms with van der Waals surface area (Å²) >= 11 is 0. The lowest BCUT2D eigenvalue weighted by molar-refractivity contribution is 0.0568. The van der Waals surface area contributed by atoms with Crippen LogP contribution in [0, 0.1) is 5.92 Å². The molecule has 1 aliphatic carbocycles. The third-order valence-corrected chi connectivity index (χ3v) is 5.45. The first-order valence-electron chi connectivity index (χ1n) is 9.00. The first kappa shape index (κ1) is 15.8. The van der Waals surface area contributed by atoms with Crippen LogP contribution in [0.3, 0.4) is 0 Å². The molecule has 0 bridgehead atoms. The number of carbonyl (C=O) groups is 1. The summed E-state index contributed by atoms with van der Waals surface area (Å²) in [6.45, 7) is 2.92. The lowest BCUT2D eigenvalue weighted by atomic mass is 9.91. The van der Waals surface area contributed by atoms with Gasteiger partial charge in [-0.25, -0.2) is 0 Å². The Bertz CT molecular complexity index is 629. The van der Waals surface area contributed by atoms with Crippen LogP contribution in [0.25, 0.3) is 0 Å². The van der Waals surface area contributed by atoms with Gasteiger partial charge < -0.3 is 19.3 Å². The molecule has 2 atom stereocenters. The van der Waals surface area contributed by atoms with Gasteiger partial charge >= 0.3 is 0 Å². The second-order valence-electron chi connectivity index (χ2n) is 7.37. The molecule has 5 heteroatoms. The van der Waals surface area contributed by atoms with E-state index in [9.17, 15) is 4.79 Å². The van der Waals surface area contributed by atoms with Crippen molar-refractivity contribution in [3.63, 3.8) is 0 Å². The quantitative estimate of drug-likeness (QED) is 0.850. The summed E-state index contributed by atoms with van der Waals surface area (Å²) in [7, 11) is 3.76. The fraction of sp³-hybridized carbons (Fsp3) is 0.632. The van der Waals surface area contributed by atoms with Crippen LogP contribution in [-0.4, -0.2) is 61.6 Å². The largest absolute Gasteiger partial charge is 0.496 e. The Labute approximate surface area is 143 Å². The molecule has 0 unspecified atom stereocenters. The van der Waals surface area contributed by atoms with Crippen molar-refractivity contribution in [2.75, 3.05) is 33.8 Å². The van der Waals surface area contributed by atoms with E-state index in [4.69, 9.17) is 9.47 Å². The summed E-state index contributed by atoms with van der Waals surface area (Å²) < 4.78 is 11.3. The number of piperidine rings is 1. The highest BCUT2D eigenvalue weighted by molar-refractivity contribution is 5.97. The van der Waals surface area contributed by atoms with Crippen LogP contribution in [0.4, 0.5) is 0 Å². The molecule has 130 valence electrons. The summed E-state index contributed by atoms with van der Waals surface area (Å²) in [5.74, 6) is 2.11. The Kier molecular flexibility index (Phi) is 4.12. The number of hydrogen-bond donors (Lipinski definition) is 0. The third-order valence-electron chi connectivity index (χ3n) is 5.45. The van der Waals surface area contributed by atoms with E-state index in [-0.39, 0.29) is 5.91 Å². The number of carbonyl (C=O) groups excluding carboxylic acids is 1. The zero-order valence-corrected chi connectivity index (χ0v) is 14.5. The number of amides is 1. The number of fused-ring (bicyclic) bond motifs is 1. The van der Waals surface area contributed by atoms with E-state index in [1.165, 1.54) is 6.42 Å². The standard InChI is InChI=1S/C19H26N2O3/c1-20-11-13-4-3-9-21(17(13)12-20)19(22)16-8-7-15(10-18(16)23-2)24-14-5-6-14/h7-8,10,13-14,17H,3-6,9,11-12H2,1-2H3/t13-,17+/m0/s1. The van der Waals surface area contributed by atoms with Crippen LogP contribution in [0.2, 0.25) is 0 Å². The highest BCUT2D eigenvalue weighted by Gasteiger charge is 2.40. The van der Waals surface area contributed by atoms with Crippen LogP contribution in [0.5, 0.6) is 11.5 Å². The van der Waals surface area contributed by atoms with Crippen molar-refractivity contribution < 1.29 is 14.3 Å². The molecule has 0 N–H and O–H groups in total. The SMILES string of the molecule is COc1cc(OC2CC2)ccc1C(=O)N1CCC[C@H]2CN(C)C[C@H]21. The molecule has 1 amide bonds. The van der Waals surface area contributed by atoms with E-state index in [0.29, 0.717) is 29.4 Å². The van der Waals surface area contributed by atoms with Crippen molar-refractivity contribution in [2.24, 2.45) is 5.92 Å². The summed E-state index contributed by atoms with van der Waals surface area (Å²) in [5, 5.41) is 0. The smallest absolute Gasteiger partial charge is 0.257 e. The lowest BCUT2D eigenvalue weighted by Gasteiger charge is -2.37. The van der Waals surface area contributed by atoms with Crippen LogP contribution >= 0.6 is 0 Å². The first-order chi connectivity index (χ1) is 11.7. The zero-order chi connectivity index (χ0) is 16.7.